The van der Waals surface area contributed by atoms with Crippen molar-refractivity contribution >= 4 is 11.9 Å². The van der Waals surface area contributed by atoms with E-state index in [1.165, 1.54) is 321 Å². The SMILES string of the molecule is CCCCCCCCCCCCCCCCCC(=O)OCCCCCCCCCCCCCC/C=C\CCCCCCCCCCCCCCCCCCC(=O)NC(CO)C(O)CCCCCCCCCCCCC. The third-order valence-corrected chi connectivity index (χ3v) is 16.3. The van der Waals surface area contributed by atoms with E-state index in [4.69, 9.17) is 4.74 Å². The minimum absolute atomic E-state index is 0.0218. The van der Waals surface area contributed by atoms with Gasteiger partial charge in [-0.3, -0.25) is 9.59 Å². The third kappa shape index (κ3) is 61.7. The largest absolute Gasteiger partial charge is 0.466 e. The Hall–Kier alpha value is -1.40. The van der Waals surface area contributed by atoms with Gasteiger partial charge in [0.2, 0.25) is 5.91 Å². The number of ether oxygens (including phenoxy) is 1. The standard InChI is InChI=1S/C69H135NO5/c1-3-5-7-9-11-13-15-16-35-39-43-47-51-55-59-63-69(74)75-64-60-56-52-48-44-40-37-34-32-30-28-26-24-22-20-18-17-19-21-23-25-27-29-31-33-36-38-42-46-50-54-58-62-68(73)70-66(65-71)67(72)61-57-53-49-45-41-14-12-10-8-6-4-2/h20,22,66-67,71-72H,3-19,21,23-65H2,1-2H3,(H,70,73)/b22-20-. The smallest absolute Gasteiger partial charge is 0.305 e. The van der Waals surface area contributed by atoms with Gasteiger partial charge in [-0.05, 0) is 51.4 Å². The summed E-state index contributed by atoms with van der Waals surface area (Å²) in [5.41, 5.74) is 0. The van der Waals surface area contributed by atoms with Crippen molar-refractivity contribution in [1.29, 1.82) is 0 Å². The van der Waals surface area contributed by atoms with Crippen molar-refractivity contribution in [3.8, 4) is 0 Å². The molecule has 0 spiro atoms. The molecule has 6 nitrogen and oxygen atoms in total. The van der Waals surface area contributed by atoms with Gasteiger partial charge in [-0.1, -0.05) is 341 Å². The number of aliphatic hydroxyl groups is 2. The van der Waals surface area contributed by atoms with Crippen molar-refractivity contribution in [2.24, 2.45) is 0 Å². The van der Waals surface area contributed by atoms with Gasteiger partial charge in [0.25, 0.3) is 0 Å². The van der Waals surface area contributed by atoms with Crippen LogP contribution < -0.4 is 5.32 Å². The highest BCUT2D eigenvalue weighted by atomic mass is 16.5. The lowest BCUT2D eigenvalue weighted by atomic mass is 10.0. The molecule has 6 heteroatoms. The fourth-order valence-electron chi connectivity index (χ4n) is 11.1. The molecular formula is C69H135NO5. The molecule has 0 saturated heterocycles. The molecule has 2 atom stereocenters. The highest BCUT2D eigenvalue weighted by Crippen LogP contribution is 2.19. The van der Waals surface area contributed by atoms with Crippen molar-refractivity contribution in [3.63, 3.8) is 0 Å². The number of carbonyl (C=O) groups is 2. The Balaban J connectivity index is 3.32. The molecule has 0 rings (SSSR count). The maximum Gasteiger partial charge on any atom is 0.305 e. The number of hydrogen-bond acceptors (Lipinski definition) is 5. The van der Waals surface area contributed by atoms with Gasteiger partial charge < -0.3 is 20.3 Å². The average Bonchev–Trinajstić information content (AvgIpc) is 3.41. The van der Waals surface area contributed by atoms with E-state index in [1.54, 1.807) is 0 Å². The van der Waals surface area contributed by atoms with Gasteiger partial charge in [0, 0.05) is 12.8 Å². The van der Waals surface area contributed by atoms with E-state index >= 15 is 0 Å². The minimum Gasteiger partial charge on any atom is -0.466 e. The van der Waals surface area contributed by atoms with Crippen molar-refractivity contribution in [1.82, 2.24) is 5.32 Å². The second-order valence-electron chi connectivity index (χ2n) is 23.9. The molecule has 0 fully saturated rings. The van der Waals surface area contributed by atoms with E-state index in [1.807, 2.05) is 0 Å². The second-order valence-corrected chi connectivity index (χ2v) is 23.9. The summed E-state index contributed by atoms with van der Waals surface area (Å²) in [6.07, 6.45) is 79.8. The first kappa shape index (κ1) is 73.6. The van der Waals surface area contributed by atoms with Crippen LogP contribution in [0.5, 0.6) is 0 Å². The van der Waals surface area contributed by atoms with E-state index in [9.17, 15) is 19.8 Å². The first-order chi connectivity index (χ1) is 37.0. The van der Waals surface area contributed by atoms with Crippen molar-refractivity contribution in [2.75, 3.05) is 13.2 Å². The van der Waals surface area contributed by atoms with Crippen LogP contribution in [-0.2, 0) is 14.3 Å². The summed E-state index contributed by atoms with van der Waals surface area (Å²) < 4.78 is 5.50. The van der Waals surface area contributed by atoms with Crippen molar-refractivity contribution < 1.29 is 24.5 Å². The van der Waals surface area contributed by atoms with Crippen LogP contribution in [0, 0.1) is 0 Å². The van der Waals surface area contributed by atoms with Crippen molar-refractivity contribution in [2.45, 2.75) is 405 Å². The van der Waals surface area contributed by atoms with E-state index in [-0.39, 0.29) is 18.5 Å². The topological polar surface area (TPSA) is 95.9 Å². The van der Waals surface area contributed by atoms with E-state index < -0.39 is 12.1 Å². The fraction of sp³-hybridized carbons (Fsp3) is 0.942. The lowest BCUT2D eigenvalue weighted by Gasteiger charge is -2.22. The highest BCUT2D eigenvalue weighted by Gasteiger charge is 2.20. The Bertz CT molecular complexity index is 1130. The number of nitrogens with one attached hydrogen (secondary N) is 1. The molecule has 1 amide bonds. The quantitative estimate of drug-likeness (QED) is 0.0320. The van der Waals surface area contributed by atoms with Crippen LogP contribution >= 0.6 is 0 Å². The number of unbranched alkanes of at least 4 members (excludes halogenated alkanes) is 52. The van der Waals surface area contributed by atoms with Gasteiger partial charge in [-0.15, -0.1) is 0 Å². The fourth-order valence-corrected chi connectivity index (χ4v) is 11.1. The average molecular weight is 1060 g/mol. The minimum atomic E-state index is -0.660. The summed E-state index contributed by atoms with van der Waals surface area (Å²) >= 11 is 0. The Morgan fingerprint density at radius 1 is 0.360 bits per heavy atom. The molecule has 0 aliphatic carbocycles. The normalized spacial score (nSPS) is 12.5. The maximum absolute atomic E-state index is 12.5. The van der Waals surface area contributed by atoms with E-state index in [2.05, 4.69) is 31.3 Å². The molecule has 0 aliphatic rings. The zero-order valence-electron chi connectivity index (χ0n) is 51.1. The predicted molar refractivity (Wildman–Crippen MR) is 329 cm³/mol. The summed E-state index contributed by atoms with van der Waals surface area (Å²) in [4.78, 5) is 24.5. The van der Waals surface area contributed by atoms with Crippen LogP contribution in [0.15, 0.2) is 12.2 Å². The lowest BCUT2D eigenvalue weighted by molar-refractivity contribution is -0.143. The van der Waals surface area contributed by atoms with Crippen LogP contribution in [0.4, 0.5) is 0 Å². The number of hydrogen-bond donors (Lipinski definition) is 3. The van der Waals surface area contributed by atoms with Gasteiger partial charge >= 0.3 is 5.97 Å². The number of carbonyl (C=O) groups excluding carboxylic acids is 2. The maximum atomic E-state index is 12.5. The molecule has 0 saturated carbocycles. The molecule has 0 aromatic heterocycles. The monoisotopic (exact) mass is 1060 g/mol. The van der Waals surface area contributed by atoms with Crippen molar-refractivity contribution in [3.05, 3.63) is 12.2 Å². The third-order valence-electron chi connectivity index (χ3n) is 16.3. The zero-order valence-corrected chi connectivity index (χ0v) is 51.1. The van der Waals surface area contributed by atoms with E-state index in [0.29, 0.717) is 25.9 Å². The van der Waals surface area contributed by atoms with E-state index in [0.717, 1.165) is 38.5 Å². The summed E-state index contributed by atoms with van der Waals surface area (Å²) in [5.74, 6) is -0.00938. The number of esters is 1. The molecule has 3 N–H and O–H groups in total. The van der Waals surface area contributed by atoms with Gasteiger partial charge in [-0.2, -0.15) is 0 Å². The summed E-state index contributed by atoms with van der Waals surface area (Å²) in [5, 5.41) is 23.2. The van der Waals surface area contributed by atoms with Crippen LogP contribution in [0.1, 0.15) is 393 Å². The molecule has 0 radical (unpaired) electrons. The van der Waals surface area contributed by atoms with Gasteiger partial charge in [0.05, 0.1) is 25.4 Å². The van der Waals surface area contributed by atoms with Crippen LogP contribution in [0.2, 0.25) is 0 Å². The van der Waals surface area contributed by atoms with Gasteiger partial charge in [-0.25, -0.2) is 0 Å². The van der Waals surface area contributed by atoms with Crippen LogP contribution in [0.25, 0.3) is 0 Å². The molecule has 2 unspecified atom stereocenters. The Labute approximate surface area is 469 Å². The number of allylic oxidation sites excluding steroid dienone is 2. The Kier molecular flexibility index (Phi) is 63.9. The first-order valence-corrected chi connectivity index (χ1v) is 34.4. The second kappa shape index (κ2) is 65.1. The zero-order chi connectivity index (χ0) is 54.3. The number of rotatable bonds is 65. The van der Waals surface area contributed by atoms with Gasteiger partial charge in [0.15, 0.2) is 0 Å². The lowest BCUT2D eigenvalue weighted by Crippen LogP contribution is -2.45. The summed E-state index contributed by atoms with van der Waals surface area (Å²) in [6, 6.07) is -0.537. The molecule has 0 heterocycles. The van der Waals surface area contributed by atoms with Crippen LogP contribution in [0.3, 0.4) is 0 Å². The Morgan fingerprint density at radius 3 is 0.947 bits per heavy atom. The van der Waals surface area contributed by atoms with Crippen LogP contribution in [-0.4, -0.2) is 47.4 Å². The molecule has 446 valence electrons. The molecular weight excluding hydrogens is 923 g/mol. The molecule has 0 aliphatic heterocycles. The summed E-state index contributed by atoms with van der Waals surface area (Å²) in [6.45, 7) is 4.98. The first-order valence-electron chi connectivity index (χ1n) is 34.4. The number of amides is 1. The molecule has 75 heavy (non-hydrogen) atoms. The molecule has 0 bridgehead atoms. The van der Waals surface area contributed by atoms with Gasteiger partial charge in [0.1, 0.15) is 0 Å². The highest BCUT2D eigenvalue weighted by molar-refractivity contribution is 5.76. The molecule has 0 aromatic rings. The molecule has 0 aromatic carbocycles. The number of aliphatic hydroxyl groups excluding tert-OH is 2. The summed E-state index contributed by atoms with van der Waals surface area (Å²) in [7, 11) is 0. The Morgan fingerprint density at radius 2 is 0.627 bits per heavy atom. The predicted octanol–water partition coefficient (Wildman–Crippen LogP) is 22.0.